The molecule has 0 aliphatic carbocycles. The van der Waals surface area contributed by atoms with Crippen LogP contribution in [0, 0.1) is 5.82 Å². The lowest BCUT2D eigenvalue weighted by atomic mass is 10.0. The van der Waals surface area contributed by atoms with Crippen molar-refractivity contribution >= 4 is 22.9 Å². The topological polar surface area (TPSA) is 20.2 Å². The van der Waals surface area contributed by atoms with Gasteiger partial charge in [0.15, 0.2) is 0 Å². The summed E-state index contributed by atoms with van der Waals surface area (Å²) in [5, 5.41) is 14.3. The van der Waals surface area contributed by atoms with Crippen molar-refractivity contribution in [3.63, 3.8) is 0 Å². The third kappa shape index (κ3) is 3.53. The first-order valence-electron chi connectivity index (χ1n) is 5.30. The minimum atomic E-state index is -0.678. The molecule has 1 unspecified atom stereocenters. The van der Waals surface area contributed by atoms with E-state index in [1.54, 1.807) is 17.4 Å². The molecule has 1 N–H and O–H groups in total. The fourth-order valence-electron chi connectivity index (χ4n) is 1.67. The van der Waals surface area contributed by atoms with E-state index < -0.39 is 11.9 Å². The van der Waals surface area contributed by atoms with Gasteiger partial charge in [-0.05, 0) is 59.0 Å². The molecular formula is C13H12ClFOS. The van der Waals surface area contributed by atoms with Gasteiger partial charge in [0.2, 0.25) is 0 Å². The molecule has 1 aromatic heterocycles. The van der Waals surface area contributed by atoms with Crippen LogP contribution in [-0.2, 0) is 6.42 Å². The third-order valence-corrected chi connectivity index (χ3v) is 3.51. The Morgan fingerprint density at radius 3 is 2.82 bits per heavy atom. The smallest absolute Gasteiger partial charge is 0.125 e. The summed E-state index contributed by atoms with van der Waals surface area (Å²) in [6.07, 6.45) is 0.665. The fourth-order valence-corrected chi connectivity index (χ4v) is 2.61. The number of rotatable bonds is 4. The Labute approximate surface area is 108 Å². The minimum absolute atomic E-state index is 0.314. The summed E-state index contributed by atoms with van der Waals surface area (Å²) in [4.78, 5) is 0. The molecule has 0 radical (unpaired) electrons. The Morgan fingerprint density at radius 1 is 1.35 bits per heavy atom. The van der Waals surface area contributed by atoms with Crippen molar-refractivity contribution in [3.8, 4) is 0 Å². The van der Waals surface area contributed by atoms with Crippen LogP contribution in [0.2, 0.25) is 5.02 Å². The van der Waals surface area contributed by atoms with Crippen LogP contribution in [0.1, 0.15) is 23.7 Å². The molecule has 0 fully saturated rings. The molecule has 0 bridgehead atoms. The van der Waals surface area contributed by atoms with Gasteiger partial charge in [0.25, 0.3) is 0 Å². The van der Waals surface area contributed by atoms with Crippen LogP contribution in [0.25, 0.3) is 0 Å². The number of aryl methyl sites for hydroxylation is 1. The molecule has 0 spiro atoms. The number of benzene rings is 1. The Bertz CT molecular complexity index is 464. The molecule has 1 aromatic carbocycles. The lowest BCUT2D eigenvalue weighted by Gasteiger charge is -2.11. The van der Waals surface area contributed by atoms with Crippen LogP contribution in [0.5, 0.6) is 0 Å². The number of aliphatic hydroxyl groups excluding tert-OH is 1. The lowest BCUT2D eigenvalue weighted by Crippen LogP contribution is -2.00. The first-order chi connectivity index (χ1) is 8.15. The van der Waals surface area contributed by atoms with E-state index in [9.17, 15) is 9.50 Å². The van der Waals surface area contributed by atoms with Gasteiger partial charge in [-0.2, -0.15) is 11.3 Å². The van der Waals surface area contributed by atoms with Crippen LogP contribution in [0.4, 0.5) is 4.39 Å². The highest BCUT2D eigenvalue weighted by molar-refractivity contribution is 7.07. The maximum Gasteiger partial charge on any atom is 0.125 e. The summed E-state index contributed by atoms with van der Waals surface area (Å²) < 4.78 is 13.1. The van der Waals surface area contributed by atoms with Crippen molar-refractivity contribution in [2.24, 2.45) is 0 Å². The van der Waals surface area contributed by atoms with Crippen molar-refractivity contribution in [1.29, 1.82) is 0 Å². The second-order valence-electron chi connectivity index (χ2n) is 3.89. The summed E-state index contributed by atoms with van der Waals surface area (Å²) in [5.74, 6) is -0.415. The van der Waals surface area contributed by atoms with Gasteiger partial charge in [0, 0.05) is 5.02 Å². The van der Waals surface area contributed by atoms with Gasteiger partial charge in [-0.15, -0.1) is 0 Å². The molecule has 17 heavy (non-hydrogen) atoms. The molecule has 2 aromatic rings. The number of hydrogen-bond acceptors (Lipinski definition) is 2. The van der Waals surface area contributed by atoms with Crippen molar-refractivity contribution in [2.75, 3.05) is 0 Å². The van der Waals surface area contributed by atoms with Gasteiger partial charge in [-0.3, -0.25) is 0 Å². The van der Waals surface area contributed by atoms with Crippen molar-refractivity contribution in [1.82, 2.24) is 0 Å². The van der Waals surface area contributed by atoms with E-state index in [0.29, 0.717) is 17.0 Å². The van der Waals surface area contributed by atoms with Gasteiger partial charge in [-0.25, -0.2) is 4.39 Å². The Hall–Kier alpha value is -0.900. The number of aliphatic hydroxyl groups is 1. The highest BCUT2D eigenvalue weighted by atomic mass is 35.5. The molecule has 0 amide bonds. The van der Waals surface area contributed by atoms with Gasteiger partial charge >= 0.3 is 0 Å². The molecule has 0 saturated heterocycles. The van der Waals surface area contributed by atoms with E-state index >= 15 is 0 Å². The standard InChI is InChI=1S/C13H12ClFOS/c14-11-5-10(6-12(15)7-11)13(16)2-1-9-3-4-17-8-9/h3-8,13,16H,1-2H2. The van der Waals surface area contributed by atoms with E-state index in [4.69, 9.17) is 11.6 Å². The van der Waals surface area contributed by atoms with Crippen molar-refractivity contribution in [3.05, 3.63) is 57.0 Å². The molecule has 2 rings (SSSR count). The minimum Gasteiger partial charge on any atom is -0.388 e. The van der Waals surface area contributed by atoms with Crippen molar-refractivity contribution < 1.29 is 9.50 Å². The zero-order chi connectivity index (χ0) is 12.3. The Balaban J connectivity index is 2.01. The first-order valence-corrected chi connectivity index (χ1v) is 6.62. The molecule has 0 aliphatic rings. The zero-order valence-electron chi connectivity index (χ0n) is 9.07. The van der Waals surface area contributed by atoms with Crippen LogP contribution in [-0.4, -0.2) is 5.11 Å². The van der Waals surface area contributed by atoms with Crippen LogP contribution >= 0.6 is 22.9 Å². The quantitative estimate of drug-likeness (QED) is 0.882. The molecule has 1 atom stereocenters. The molecule has 1 nitrogen and oxygen atoms in total. The van der Waals surface area contributed by atoms with Crippen LogP contribution in [0.15, 0.2) is 35.0 Å². The first kappa shape index (κ1) is 12.6. The summed E-state index contributed by atoms with van der Waals surface area (Å²) in [5.41, 5.74) is 1.72. The predicted molar refractivity (Wildman–Crippen MR) is 69.0 cm³/mol. The van der Waals surface area contributed by atoms with E-state index in [0.717, 1.165) is 6.42 Å². The van der Waals surface area contributed by atoms with E-state index in [1.807, 2.05) is 16.8 Å². The molecule has 0 aliphatic heterocycles. The third-order valence-electron chi connectivity index (χ3n) is 2.56. The van der Waals surface area contributed by atoms with Crippen LogP contribution in [0.3, 0.4) is 0 Å². The number of halogens is 2. The van der Waals surface area contributed by atoms with Gasteiger partial charge < -0.3 is 5.11 Å². The highest BCUT2D eigenvalue weighted by Gasteiger charge is 2.10. The highest BCUT2D eigenvalue weighted by Crippen LogP contribution is 2.23. The second-order valence-corrected chi connectivity index (χ2v) is 5.11. The van der Waals surface area contributed by atoms with Gasteiger partial charge in [0.05, 0.1) is 6.10 Å². The number of hydrogen-bond donors (Lipinski definition) is 1. The molecule has 90 valence electrons. The fraction of sp³-hybridized carbons (Fsp3) is 0.231. The molecular weight excluding hydrogens is 259 g/mol. The predicted octanol–water partition coefficient (Wildman–Crippen LogP) is 4.21. The molecule has 0 saturated carbocycles. The summed E-state index contributed by atoms with van der Waals surface area (Å²) >= 11 is 7.37. The van der Waals surface area contributed by atoms with Gasteiger partial charge in [0.1, 0.15) is 5.82 Å². The normalized spacial score (nSPS) is 12.6. The average Bonchev–Trinajstić information content (AvgIpc) is 2.77. The Kier molecular flexibility index (Phi) is 4.15. The number of thiophene rings is 1. The van der Waals surface area contributed by atoms with E-state index in [-0.39, 0.29) is 0 Å². The molecule has 1 heterocycles. The molecule has 4 heteroatoms. The second kappa shape index (κ2) is 5.63. The monoisotopic (exact) mass is 270 g/mol. The Morgan fingerprint density at radius 2 is 2.18 bits per heavy atom. The summed E-state index contributed by atoms with van der Waals surface area (Å²) in [6.45, 7) is 0. The van der Waals surface area contributed by atoms with E-state index in [2.05, 4.69) is 0 Å². The maximum absolute atomic E-state index is 13.1. The van der Waals surface area contributed by atoms with Crippen LogP contribution < -0.4 is 0 Å². The summed E-state index contributed by atoms with van der Waals surface area (Å²) in [6, 6.07) is 6.18. The van der Waals surface area contributed by atoms with E-state index in [1.165, 1.54) is 17.7 Å². The van der Waals surface area contributed by atoms with Crippen molar-refractivity contribution in [2.45, 2.75) is 18.9 Å². The zero-order valence-corrected chi connectivity index (χ0v) is 10.6. The van der Waals surface area contributed by atoms with Gasteiger partial charge in [-0.1, -0.05) is 11.6 Å². The SMILES string of the molecule is OC(CCc1ccsc1)c1cc(F)cc(Cl)c1. The largest absolute Gasteiger partial charge is 0.388 e. The average molecular weight is 271 g/mol. The maximum atomic E-state index is 13.1. The lowest BCUT2D eigenvalue weighted by molar-refractivity contribution is 0.167. The summed E-state index contributed by atoms with van der Waals surface area (Å²) in [7, 11) is 0.